The molecule has 6 heteroatoms. The third-order valence-electron chi connectivity index (χ3n) is 5.64. The Morgan fingerprint density at radius 1 is 0.941 bits per heavy atom. The monoisotopic (exact) mass is 458 g/mol. The predicted molar refractivity (Wildman–Crippen MR) is 132 cm³/mol. The molecule has 0 unspecified atom stereocenters. The van der Waals surface area contributed by atoms with Crippen LogP contribution in [-0.2, 0) is 16.0 Å². The summed E-state index contributed by atoms with van der Waals surface area (Å²) in [5.74, 6) is 1.61. The smallest absolute Gasteiger partial charge is 0.305 e. The van der Waals surface area contributed by atoms with Crippen molar-refractivity contribution in [1.29, 1.82) is 0 Å². The Labute approximate surface area is 199 Å². The molecule has 0 radical (unpaired) electrons. The number of para-hydroxylation sites is 1. The molecule has 0 saturated heterocycles. The van der Waals surface area contributed by atoms with Gasteiger partial charge in [-0.2, -0.15) is 5.10 Å². The highest BCUT2D eigenvalue weighted by atomic mass is 16.5. The second-order valence-electron chi connectivity index (χ2n) is 8.07. The molecule has 4 rings (SSSR count). The van der Waals surface area contributed by atoms with Crippen LogP contribution in [0.5, 0.6) is 5.75 Å². The van der Waals surface area contributed by atoms with Crippen LogP contribution in [0.3, 0.4) is 0 Å². The summed E-state index contributed by atoms with van der Waals surface area (Å²) in [6.07, 6.45) is 7.39. The van der Waals surface area contributed by atoms with E-state index >= 15 is 0 Å². The van der Waals surface area contributed by atoms with Gasteiger partial charge in [0.25, 0.3) is 0 Å². The lowest BCUT2D eigenvalue weighted by atomic mass is 10.00. The first-order valence-electron chi connectivity index (χ1n) is 11.8. The van der Waals surface area contributed by atoms with Gasteiger partial charge >= 0.3 is 5.97 Å². The molecule has 0 aliphatic heterocycles. The molecule has 0 spiro atoms. The van der Waals surface area contributed by atoms with Crippen LogP contribution < -0.4 is 4.74 Å². The van der Waals surface area contributed by atoms with E-state index < -0.39 is 0 Å². The number of rotatable bonds is 12. The number of aromatic amines is 1. The number of carbonyl (C=O) groups excluding carboxylic acids is 1. The van der Waals surface area contributed by atoms with Gasteiger partial charge in [-0.05, 0) is 55.5 Å². The first kappa shape index (κ1) is 23.4. The zero-order valence-corrected chi connectivity index (χ0v) is 19.5. The molecule has 0 aliphatic rings. The fourth-order valence-corrected chi connectivity index (χ4v) is 3.90. The topological polar surface area (TPSA) is 77.4 Å². The van der Waals surface area contributed by atoms with Gasteiger partial charge in [0, 0.05) is 24.0 Å². The van der Waals surface area contributed by atoms with Gasteiger partial charge in [-0.15, -0.1) is 0 Å². The van der Waals surface area contributed by atoms with E-state index in [1.165, 1.54) is 0 Å². The van der Waals surface area contributed by atoms with Crippen molar-refractivity contribution in [3.63, 3.8) is 0 Å². The summed E-state index contributed by atoms with van der Waals surface area (Å²) >= 11 is 0. The minimum absolute atomic E-state index is 0.125. The van der Waals surface area contributed by atoms with Crippen LogP contribution in [0, 0.1) is 0 Å². The molecule has 0 aliphatic carbocycles. The fourth-order valence-electron chi connectivity index (χ4n) is 3.90. The van der Waals surface area contributed by atoms with E-state index in [4.69, 9.17) is 13.9 Å². The maximum atomic E-state index is 11.4. The standard InChI is InChI=1S/C28H30N2O4/c1-2-32-27(31)12-4-3-7-17-33-26-10-6-5-9-23(26)19-24-20-29-30-28(24)22-15-13-21(14-16-22)25-11-8-18-34-25/h5-6,8-11,13-16,18,20H,2-4,7,12,17,19H2,1H3,(H,29,30). The number of hydrogen-bond acceptors (Lipinski definition) is 5. The van der Waals surface area contributed by atoms with Gasteiger partial charge in [-0.3, -0.25) is 9.89 Å². The number of aromatic nitrogens is 2. The lowest BCUT2D eigenvalue weighted by Gasteiger charge is -2.12. The highest BCUT2D eigenvalue weighted by Crippen LogP contribution is 2.29. The number of nitrogens with zero attached hydrogens (tertiary/aromatic N) is 1. The quantitative estimate of drug-likeness (QED) is 0.195. The van der Waals surface area contributed by atoms with E-state index in [0.29, 0.717) is 26.1 Å². The third-order valence-corrected chi connectivity index (χ3v) is 5.64. The molecule has 0 atom stereocenters. The van der Waals surface area contributed by atoms with Gasteiger partial charge in [0.15, 0.2) is 0 Å². The first-order chi connectivity index (χ1) is 16.7. The minimum atomic E-state index is -0.125. The Balaban J connectivity index is 1.35. The Morgan fingerprint density at radius 3 is 2.56 bits per heavy atom. The van der Waals surface area contributed by atoms with Gasteiger partial charge < -0.3 is 13.9 Å². The largest absolute Gasteiger partial charge is 0.493 e. The molecule has 2 aromatic heterocycles. The lowest BCUT2D eigenvalue weighted by molar-refractivity contribution is -0.143. The van der Waals surface area contributed by atoms with Crippen molar-refractivity contribution in [2.45, 2.75) is 39.0 Å². The van der Waals surface area contributed by atoms with Gasteiger partial charge in [0.1, 0.15) is 11.5 Å². The van der Waals surface area contributed by atoms with Gasteiger partial charge in [0.2, 0.25) is 0 Å². The average molecular weight is 459 g/mol. The van der Waals surface area contributed by atoms with E-state index in [2.05, 4.69) is 40.5 Å². The second kappa shape index (κ2) is 11.9. The van der Waals surface area contributed by atoms with E-state index in [1.807, 2.05) is 43.5 Å². The summed E-state index contributed by atoms with van der Waals surface area (Å²) in [7, 11) is 0. The van der Waals surface area contributed by atoms with Crippen molar-refractivity contribution in [1.82, 2.24) is 10.2 Å². The molecule has 0 amide bonds. The Morgan fingerprint density at radius 2 is 1.76 bits per heavy atom. The fraction of sp³-hybridized carbons (Fsp3) is 0.286. The first-order valence-corrected chi connectivity index (χ1v) is 11.8. The van der Waals surface area contributed by atoms with Crippen LogP contribution in [0.25, 0.3) is 22.6 Å². The lowest BCUT2D eigenvalue weighted by Crippen LogP contribution is -2.04. The van der Waals surface area contributed by atoms with Crippen LogP contribution in [0.2, 0.25) is 0 Å². The molecule has 0 saturated carbocycles. The minimum Gasteiger partial charge on any atom is -0.493 e. The number of furan rings is 1. The maximum absolute atomic E-state index is 11.4. The van der Waals surface area contributed by atoms with Crippen molar-refractivity contribution < 1.29 is 18.7 Å². The van der Waals surface area contributed by atoms with Crippen molar-refractivity contribution in [3.05, 3.63) is 84.3 Å². The van der Waals surface area contributed by atoms with Crippen molar-refractivity contribution in [3.8, 4) is 28.3 Å². The zero-order valence-electron chi connectivity index (χ0n) is 19.5. The number of benzene rings is 2. The number of nitrogens with one attached hydrogen (secondary N) is 1. The molecule has 0 fully saturated rings. The summed E-state index contributed by atoms with van der Waals surface area (Å²) in [5.41, 5.74) is 5.33. The van der Waals surface area contributed by atoms with Crippen molar-refractivity contribution >= 4 is 5.97 Å². The molecule has 34 heavy (non-hydrogen) atoms. The molecule has 6 nitrogen and oxygen atoms in total. The van der Waals surface area contributed by atoms with E-state index in [9.17, 15) is 4.79 Å². The zero-order chi connectivity index (χ0) is 23.6. The highest BCUT2D eigenvalue weighted by molar-refractivity contribution is 5.69. The second-order valence-corrected chi connectivity index (χ2v) is 8.07. The van der Waals surface area contributed by atoms with Crippen molar-refractivity contribution in [2.75, 3.05) is 13.2 Å². The van der Waals surface area contributed by atoms with Crippen LogP contribution in [0.4, 0.5) is 0 Å². The van der Waals surface area contributed by atoms with E-state index in [1.54, 1.807) is 6.26 Å². The highest BCUT2D eigenvalue weighted by Gasteiger charge is 2.12. The number of H-pyrrole nitrogens is 1. The van der Waals surface area contributed by atoms with Crippen LogP contribution in [0.1, 0.15) is 43.7 Å². The van der Waals surface area contributed by atoms with Crippen LogP contribution >= 0.6 is 0 Å². The summed E-state index contributed by atoms with van der Waals surface area (Å²) < 4.78 is 16.5. The molecule has 176 valence electrons. The predicted octanol–water partition coefficient (Wildman–Crippen LogP) is 6.43. The number of unbranched alkanes of at least 4 members (excludes halogenated alkanes) is 2. The summed E-state index contributed by atoms with van der Waals surface area (Å²) in [6, 6.07) is 20.2. The van der Waals surface area contributed by atoms with E-state index in [0.717, 1.165) is 58.7 Å². The van der Waals surface area contributed by atoms with Crippen molar-refractivity contribution in [2.24, 2.45) is 0 Å². The molecular weight excluding hydrogens is 428 g/mol. The Kier molecular flexibility index (Phi) is 8.17. The Bertz CT molecular complexity index is 1160. The van der Waals surface area contributed by atoms with Gasteiger partial charge in [0.05, 0.1) is 31.4 Å². The average Bonchev–Trinajstić information content (AvgIpc) is 3.55. The normalized spacial score (nSPS) is 10.9. The number of ether oxygens (including phenoxy) is 2. The summed E-state index contributed by atoms with van der Waals surface area (Å²) in [4.78, 5) is 11.4. The molecular formula is C28H30N2O4. The number of carbonyl (C=O) groups is 1. The molecule has 2 aromatic carbocycles. The molecule has 2 heterocycles. The number of esters is 1. The van der Waals surface area contributed by atoms with E-state index in [-0.39, 0.29) is 5.97 Å². The van der Waals surface area contributed by atoms with Gasteiger partial charge in [-0.25, -0.2) is 0 Å². The molecule has 1 N–H and O–H groups in total. The maximum Gasteiger partial charge on any atom is 0.305 e. The number of hydrogen-bond donors (Lipinski definition) is 1. The molecule has 0 bridgehead atoms. The summed E-state index contributed by atoms with van der Waals surface area (Å²) in [6.45, 7) is 2.88. The third kappa shape index (κ3) is 6.16. The Hall–Kier alpha value is -3.80. The van der Waals surface area contributed by atoms with Crippen LogP contribution in [-0.4, -0.2) is 29.4 Å². The van der Waals surface area contributed by atoms with Crippen LogP contribution in [0.15, 0.2) is 77.5 Å². The SMILES string of the molecule is CCOC(=O)CCCCCOc1ccccc1Cc1cn[nH]c1-c1ccc(-c2ccco2)cc1. The van der Waals surface area contributed by atoms with Gasteiger partial charge in [-0.1, -0.05) is 42.5 Å². The molecule has 4 aromatic rings. The summed E-state index contributed by atoms with van der Waals surface area (Å²) in [5, 5.41) is 7.45.